The summed E-state index contributed by atoms with van der Waals surface area (Å²) in [4.78, 5) is 31.7. The molecule has 162 valence electrons. The fraction of sp³-hybridized carbons (Fsp3) is 0.125. The summed E-state index contributed by atoms with van der Waals surface area (Å²) >= 11 is 13.4. The maximum absolute atomic E-state index is 12.9. The van der Waals surface area contributed by atoms with Gasteiger partial charge in [0.15, 0.2) is 5.17 Å². The molecule has 5 nitrogen and oxygen atoms in total. The lowest BCUT2D eigenvalue weighted by molar-refractivity contribution is -0.127. The molecule has 3 aromatic carbocycles. The predicted octanol–water partition coefficient (Wildman–Crippen LogP) is 6.29. The molecule has 0 aromatic heterocycles. The van der Waals surface area contributed by atoms with E-state index in [1.54, 1.807) is 24.3 Å². The van der Waals surface area contributed by atoms with Crippen LogP contribution in [0.4, 0.5) is 11.4 Å². The van der Waals surface area contributed by atoms with Crippen LogP contribution in [0, 0.1) is 0 Å². The normalized spacial score (nSPS) is 17.2. The Kier molecular flexibility index (Phi) is 6.84. The molecule has 1 heterocycles. The first kappa shape index (κ1) is 22.4. The minimum absolute atomic E-state index is 0.0251. The Morgan fingerprint density at radius 2 is 1.91 bits per heavy atom. The molecule has 1 N–H and O–H groups in total. The van der Waals surface area contributed by atoms with Crippen LogP contribution in [-0.2, 0) is 9.59 Å². The zero-order chi connectivity index (χ0) is 22.7. The first-order chi connectivity index (χ1) is 15.4. The van der Waals surface area contributed by atoms with E-state index >= 15 is 0 Å². The van der Waals surface area contributed by atoms with Gasteiger partial charge in [-0.3, -0.25) is 14.5 Å². The third kappa shape index (κ3) is 4.99. The number of amidine groups is 1. The van der Waals surface area contributed by atoms with Crippen molar-refractivity contribution in [2.45, 2.75) is 11.7 Å². The molecular formula is C24H19Cl2N3O2S. The van der Waals surface area contributed by atoms with E-state index in [0.29, 0.717) is 33.1 Å². The number of aliphatic imine (C=N–C) groups is 1. The molecule has 1 fully saturated rings. The molecule has 3 aromatic rings. The van der Waals surface area contributed by atoms with Crippen LogP contribution in [0.25, 0.3) is 10.8 Å². The first-order valence-corrected chi connectivity index (χ1v) is 11.5. The summed E-state index contributed by atoms with van der Waals surface area (Å²) < 4.78 is 0. The topological polar surface area (TPSA) is 61.8 Å². The van der Waals surface area contributed by atoms with Crippen molar-refractivity contribution in [2.24, 2.45) is 4.99 Å². The van der Waals surface area contributed by atoms with E-state index in [9.17, 15) is 9.59 Å². The second-order valence-electron chi connectivity index (χ2n) is 7.15. The lowest BCUT2D eigenvalue weighted by Gasteiger charge is -2.14. The standard InChI is InChI=1S/C24H19Cl2N3O2S/c1-2-11-29-23(31)21(32-24(29)28-20-10-8-17(25)13-19(20)26)14-22(30)27-18-9-7-15-5-3-4-6-16(15)12-18/h2-10,12-13,21H,1,11,14H2,(H,27,30). The second kappa shape index (κ2) is 9.77. The minimum Gasteiger partial charge on any atom is -0.326 e. The third-order valence-electron chi connectivity index (χ3n) is 4.86. The molecule has 2 amide bonds. The van der Waals surface area contributed by atoms with E-state index in [4.69, 9.17) is 23.2 Å². The molecule has 4 rings (SSSR count). The van der Waals surface area contributed by atoms with Gasteiger partial charge < -0.3 is 5.32 Å². The van der Waals surface area contributed by atoms with Crippen LogP contribution in [0.3, 0.4) is 0 Å². The van der Waals surface area contributed by atoms with Gasteiger partial charge in [-0.05, 0) is 41.1 Å². The Bertz CT molecular complexity index is 1240. The Morgan fingerprint density at radius 3 is 2.66 bits per heavy atom. The van der Waals surface area contributed by atoms with Gasteiger partial charge in [0, 0.05) is 23.7 Å². The number of halogens is 2. The van der Waals surface area contributed by atoms with Crippen molar-refractivity contribution in [1.29, 1.82) is 0 Å². The summed E-state index contributed by atoms with van der Waals surface area (Å²) in [5, 5.41) is 5.79. The molecule has 1 atom stereocenters. The van der Waals surface area contributed by atoms with Gasteiger partial charge in [-0.1, -0.05) is 71.4 Å². The van der Waals surface area contributed by atoms with Crippen molar-refractivity contribution in [3.63, 3.8) is 0 Å². The molecule has 0 saturated carbocycles. The maximum Gasteiger partial charge on any atom is 0.242 e. The van der Waals surface area contributed by atoms with Gasteiger partial charge in [-0.25, -0.2) is 4.99 Å². The molecular weight excluding hydrogens is 465 g/mol. The van der Waals surface area contributed by atoms with Crippen LogP contribution < -0.4 is 5.32 Å². The van der Waals surface area contributed by atoms with Crippen molar-refractivity contribution in [2.75, 3.05) is 11.9 Å². The number of carbonyl (C=O) groups is 2. The van der Waals surface area contributed by atoms with E-state index in [0.717, 1.165) is 10.8 Å². The van der Waals surface area contributed by atoms with E-state index in [-0.39, 0.29) is 18.2 Å². The highest BCUT2D eigenvalue weighted by Crippen LogP contribution is 2.35. The maximum atomic E-state index is 12.9. The van der Waals surface area contributed by atoms with Gasteiger partial charge in [0.1, 0.15) is 5.25 Å². The first-order valence-electron chi connectivity index (χ1n) is 9.86. The summed E-state index contributed by atoms with van der Waals surface area (Å²) in [6.07, 6.45) is 1.65. The Hall–Kier alpha value is -2.80. The van der Waals surface area contributed by atoms with Gasteiger partial charge in [-0.2, -0.15) is 0 Å². The number of carbonyl (C=O) groups excluding carboxylic acids is 2. The highest BCUT2D eigenvalue weighted by atomic mass is 35.5. The Morgan fingerprint density at radius 1 is 1.12 bits per heavy atom. The van der Waals surface area contributed by atoms with Crippen molar-refractivity contribution in [1.82, 2.24) is 4.90 Å². The lowest BCUT2D eigenvalue weighted by atomic mass is 10.1. The zero-order valence-electron chi connectivity index (χ0n) is 16.9. The summed E-state index contributed by atoms with van der Waals surface area (Å²) in [5.74, 6) is -0.428. The van der Waals surface area contributed by atoms with Crippen LogP contribution in [0.2, 0.25) is 10.0 Å². The average Bonchev–Trinajstić information content (AvgIpc) is 3.04. The number of hydrogen-bond donors (Lipinski definition) is 1. The van der Waals surface area contributed by atoms with Gasteiger partial charge >= 0.3 is 0 Å². The lowest BCUT2D eigenvalue weighted by Crippen LogP contribution is -2.33. The smallest absolute Gasteiger partial charge is 0.242 e. The van der Waals surface area contributed by atoms with Gasteiger partial charge in [0.05, 0.1) is 10.7 Å². The molecule has 1 aliphatic rings. The fourth-order valence-corrected chi connectivity index (χ4v) is 4.96. The molecule has 0 bridgehead atoms. The Balaban J connectivity index is 1.50. The zero-order valence-corrected chi connectivity index (χ0v) is 19.3. The van der Waals surface area contributed by atoms with Crippen molar-refractivity contribution in [3.8, 4) is 0 Å². The van der Waals surface area contributed by atoms with Gasteiger partial charge in [0.25, 0.3) is 0 Å². The number of fused-ring (bicyclic) bond motifs is 1. The van der Waals surface area contributed by atoms with E-state index in [2.05, 4.69) is 16.9 Å². The molecule has 1 aliphatic heterocycles. The van der Waals surface area contributed by atoms with Crippen LogP contribution in [-0.4, -0.2) is 33.7 Å². The number of nitrogens with zero attached hydrogens (tertiary/aromatic N) is 2. The SMILES string of the molecule is C=CCN1C(=O)C(CC(=O)Nc2ccc3ccccc3c2)SC1=Nc1ccc(Cl)cc1Cl. The monoisotopic (exact) mass is 483 g/mol. The molecule has 1 unspecified atom stereocenters. The van der Waals surface area contributed by atoms with Crippen LogP contribution >= 0.6 is 35.0 Å². The van der Waals surface area contributed by atoms with E-state index in [1.165, 1.54) is 16.7 Å². The highest BCUT2D eigenvalue weighted by Gasteiger charge is 2.38. The second-order valence-corrected chi connectivity index (χ2v) is 9.16. The number of thioether (sulfide) groups is 1. The van der Waals surface area contributed by atoms with Crippen LogP contribution in [0.15, 0.2) is 78.3 Å². The largest absolute Gasteiger partial charge is 0.326 e. The number of hydrogen-bond acceptors (Lipinski definition) is 4. The fourth-order valence-electron chi connectivity index (χ4n) is 3.34. The van der Waals surface area contributed by atoms with Crippen LogP contribution in [0.1, 0.15) is 6.42 Å². The number of rotatable bonds is 6. The molecule has 0 radical (unpaired) electrons. The quantitative estimate of drug-likeness (QED) is 0.418. The summed E-state index contributed by atoms with van der Waals surface area (Å²) in [5.41, 5.74) is 1.19. The van der Waals surface area contributed by atoms with E-state index in [1.807, 2.05) is 42.5 Å². The highest BCUT2D eigenvalue weighted by molar-refractivity contribution is 8.15. The minimum atomic E-state index is -0.583. The summed E-state index contributed by atoms with van der Waals surface area (Å²) in [7, 11) is 0. The number of nitrogens with one attached hydrogen (secondary N) is 1. The summed E-state index contributed by atoms with van der Waals surface area (Å²) in [6, 6.07) is 18.6. The molecule has 1 saturated heterocycles. The number of benzene rings is 3. The molecule has 8 heteroatoms. The van der Waals surface area contributed by atoms with Gasteiger partial charge in [-0.15, -0.1) is 6.58 Å². The number of amides is 2. The summed E-state index contributed by atoms with van der Waals surface area (Å²) in [6.45, 7) is 4.01. The predicted molar refractivity (Wildman–Crippen MR) is 134 cm³/mol. The number of anilines is 1. The van der Waals surface area contributed by atoms with Crippen molar-refractivity contribution < 1.29 is 9.59 Å². The average molecular weight is 484 g/mol. The van der Waals surface area contributed by atoms with Gasteiger partial charge in [0.2, 0.25) is 11.8 Å². The van der Waals surface area contributed by atoms with E-state index < -0.39 is 5.25 Å². The molecule has 32 heavy (non-hydrogen) atoms. The molecule has 0 aliphatic carbocycles. The van der Waals surface area contributed by atoms with Crippen molar-refractivity contribution in [3.05, 3.63) is 83.4 Å². The molecule has 0 spiro atoms. The third-order valence-corrected chi connectivity index (χ3v) is 6.57. The Labute approximate surface area is 200 Å². The van der Waals surface area contributed by atoms with Crippen molar-refractivity contribution >= 4 is 74.1 Å². The van der Waals surface area contributed by atoms with Crippen LogP contribution in [0.5, 0.6) is 0 Å².